The largest absolute Gasteiger partial charge is 0.395 e. The Bertz CT molecular complexity index is 1250. The van der Waals surface area contributed by atoms with E-state index in [1.54, 1.807) is 12.1 Å². The second-order valence-electron chi connectivity index (χ2n) is 8.54. The fraction of sp³-hybridized carbons (Fsp3) is 0.280. The van der Waals surface area contributed by atoms with Gasteiger partial charge < -0.3 is 16.8 Å². The molecule has 1 unspecified atom stereocenters. The number of nitrogens with zero attached hydrogens (tertiary/aromatic N) is 2. The molecular formula is C25H26FN5O3S. The van der Waals surface area contributed by atoms with Crippen LogP contribution in [0.2, 0.25) is 0 Å². The number of para-hydroxylation sites is 1. The molecule has 3 amide bonds. The molecule has 0 bridgehead atoms. The molecule has 1 aliphatic rings. The van der Waals surface area contributed by atoms with Gasteiger partial charge in [-0.15, -0.1) is 0 Å². The number of hydrogen-bond acceptors (Lipinski definition) is 6. The summed E-state index contributed by atoms with van der Waals surface area (Å²) in [7, 11) is 0. The van der Waals surface area contributed by atoms with Crippen LogP contribution in [0.1, 0.15) is 63.0 Å². The van der Waals surface area contributed by atoms with E-state index < -0.39 is 29.6 Å². The molecule has 182 valence electrons. The van der Waals surface area contributed by atoms with Crippen LogP contribution in [0.25, 0.3) is 0 Å². The number of halogens is 1. The third-order valence-electron chi connectivity index (χ3n) is 6.14. The topological polar surface area (TPSA) is 131 Å². The summed E-state index contributed by atoms with van der Waals surface area (Å²) in [6.07, 6.45) is 3.73. The van der Waals surface area contributed by atoms with Gasteiger partial charge in [-0.2, -0.15) is 4.37 Å². The normalized spacial score (nSPS) is 14.5. The van der Waals surface area contributed by atoms with Crippen molar-refractivity contribution in [2.45, 2.75) is 44.7 Å². The number of amides is 3. The fourth-order valence-corrected chi connectivity index (χ4v) is 5.09. The summed E-state index contributed by atoms with van der Waals surface area (Å²) < 4.78 is 17.7. The van der Waals surface area contributed by atoms with E-state index in [1.165, 1.54) is 29.2 Å². The van der Waals surface area contributed by atoms with Crippen LogP contribution >= 0.6 is 11.5 Å². The van der Waals surface area contributed by atoms with Crippen molar-refractivity contribution in [3.05, 3.63) is 76.0 Å². The molecule has 5 N–H and O–H groups in total. The molecule has 0 aliphatic heterocycles. The number of primary amides is 1. The van der Waals surface area contributed by atoms with Crippen LogP contribution in [0, 0.1) is 12.7 Å². The zero-order chi connectivity index (χ0) is 25.1. The number of rotatable bonds is 7. The Hall–Kier alpha value is -3.79. The van der Waals surface area contributed by atoms with E-state index in [-0.39, 0.29) is 22.3 Å². The van der Waals surface area contributed by atoms with Crippen molar-refractivity contribution in [3.63, 3.8) is 0 Å². The van der Waals surface area contributed by atoms with Crippen molar-refractivity contribution in [1.82, 2.24) is 9.69 Å². The van der Waals surface area contributed by atoms with Gasteiger partial charge in [0.15, 0.2) is 5.69 Å². The van der Waals surface area contributed by atoms with Gasteiger partial charge in [-0.3, -0.25) is 19.3 Å². The molecule has 1 aromatic heterocycles. The Labute approximate surface area is 206 Å². The summed E-state index contributed by atoms with van der Waals surface area (Å²) >= 11 is 0.742. The molecule has 1 heterocycles. The zero-order valence-electron chi connectivity index (χ0n) is 19.2. The molecule has 4 rings (SSSR count). The van der Waals surface area contributed by atoms with Crippen LogP contribution in [0.15, 0.2) is 48.5 Å². The first kappa shape index (κ1) is 24.3. The van der Waals surface area contributed by atoms with Gasteiger partial charge >= 0.3 is 0 Å². The number of carbonyl (C=O) groups is 3. The number of aryl methyl sites for hydroxylation is 1. The Morgan fingerprint density at radius 2 is 1.77 bits per heavy atom. The van der Waals surface area contributed by atoms with Crippen LogP contribution in [0.3, 0.4) is 0 Å². The maximum absolute atomic E-state index is 14.0. The van der Waals surface area contributed by atoms with Crippen molar-refractivity contribution in [3.8, 4) is 0 Å². The molecule has 35 heavy (non-hydrogen) atoms. The van der Waals surface area contributed by atoms with Gasteiger partial charge in [-0.25, -0.2) is 4.39 Å². The SMILES string of the molecule is Cc1ccccc1N(C(=O)c1snc(C(N)=O)c1N)C(C(=O)NC1CCCC1)c1ccc(F)cc1. The van der Waals surface area contributed by atoms with Crippen molar-refractivity contribution in [2.24, 2.45) is 5.73 Å². The lowest BCUT2D eigenvalue weighted by atomic mass is 10.0. The molecule has 0 spiro atoms. The van der Waals surface area contributed by atoms with Crippen LogP contribution in [-0.4, -0.2) is 28.1 Å². The quantitative estimate of drug-likeness (QED) is 0.460. The van der Waals surface area contributed by atoms with Gasteiger partial charge in [0.25, 0.3) is 11.8 Å². The molecular weight excluding hydrogens is 469 g/mol. The van der Waals surface area contributed by atoms with E-state index in [0.29, 0.717) is 11.3 Å². The number of nitrogens with two attached hydrogens (primary N) is 2. The van der Waals surface area contributed by atoms with Crippen molar-refractivity contribution >= 4 is 40.6 Å². The Kier molecular flexibility index (Phi) is 7.11. The molecule has 1 fully saturated rings. The molecule has 2 aromatic carbocycles. The first-order valence-corrected chi connectivity index (χ1v) is 12.0. The number of nitrogen functional groups attached to an aromatic ring is 1. The smallest absolute Gasteiger partial charge is 0.273 e. The predicted octanol–water partition coefficient (Wildman–Crippen LogP) is 3.72. The summed E-state index contributed by atoms with van der Waals surface area (Å²) in [4.78, 5) is 40.7. The van der Waals surface area contributed by atoms with E-state index in [1.807, 2.05) is 19.1 Å². The summed E-state index contributed by atoms with van der Waals surface area (Å²) in [5.74, 6) is -2.32. The molecule has 3 aromatic rings. The van der Waals surface area contributed by atoms with Gasteiger partial charge in [-0.1, -0.05) is 43.2 Å². The highest BCUT2D eigenvalue weighted by Crippen LogP contribution is 2.35. The average Bonchev–Trinajstić information content (AvgIpc) is 3.48. The molecule has 8 nitrogen and oxygen atoms in total. The second-order valence-corrected chi connectivity index (χ2v) is 9.32. The van der Waals surface area contributed by atoms with Crippen molar-refractivity contribution in [1.29, 1.82) is 0 Å². The maximum atomic E-state index is 14.0. The van der Waals surface area contributed by atoms with Gasteiger partial charge in [0, 0.05) is 11.7 Å². The van der Waals surface area contributed by atoms with Crippen LogP contribution < -0.4 is 21.7 Å². The minimum absolute atomic E-state index is 0.00536. The Balaban J connectivity index is 1.86. The van der Waals surface area contributed by atoms with E-state index >= 15 is 0 Å². The summed E-state index contributed by atoms with van der Waals surface area (Å²) in [5.41, 5.74) is 12.7. The number of nitrogens with one attached hydrogen (secondary N) is 1. The van der Waals surface area contributed by atoms with Gasteiger partial charge in [0.2, 0.25) is 5.91 Å². The van der Waals surface area contributed by atoms with Crippen LogP contribution in [-0.2, 0) is 4.79 Å². The lowest BCUT2D eigenvalue weighted by Crippen LogP contribution is -2.46. The zero-order valence-corrected chi connectivity index (χ0v) is 20.0. The lowest BCUT2D eigenvalue weighted by molar-refractivity contribution is -0.123. The standard InChI is InChI=1S/C25H26FN5O3S/c1-14-6-2-5-9-18(14)31(25(34)22-19(27)20(23(28)32)30-35-22)21(15-10-12-16(26)13-11-15)24(33)29-17-7-3-4-8-17/h2,5-6,9-13,17,21H,3-4,7-8,27H2,1H3,(H2,28,32)(H,29,33). The Morgan fingerprint density at radius 1 is 1.11 bits per heavy atom. The highest BCUT2D eigenvalue weighted by Gasteiger charge is 2.37. The predicted molar refractivity (Wildman–Crippen MR) is 133 cm³/mol. The van der Waals surface area contributed by atoms with Crippen molar-refractivity contribution in [2.75, 3.05) is 10.6 Å². The van der Waals surface area contributed by atoms with Gasteiger partial charge in [0.05, 0.1) is 5.69 Å². The number of aromatic nitrogens is 1. The molecule has 0 saturated heterocycles. The van der Waals surface area contributed by atoms with Gasteiger partial charge in [0.1, 0.15) is 16.7 Å². The van der Waals surface area contributed by atoms with E-state index in [2.05, 4.69) is 9.69 Å². The molecule has 1 saturated carbocycles. The molecule has 1 aliphatic carbocycles. The minimum atomic E-state index is -1.12. The molecule has 10 heteroatoms. The number of hydrogen-bond donors (Lipinski definition) is 3. The van der Waals surface area contributed by atoms with Crippen LogP contribution in [0.4, 0.5) is 15.8 Å². The highest BCUT2D eigenvalue weighted by molar-refractivity contribution is 7.09. The summed E-state index contributed by atoms with van der Waals surface area (Å²) in [5, 5.41) is 3.06. The van der Waals surface area contributed by atoms with Gasteiger partial charge in [-0.05, 0) is 60.6 Å². The lowest BCUT2D eigenvalue weighted by Gasteiger charge is -2.33. The van der Waals surface area contributed by atoms with E-state index in [4.69, 9.17) is 11.5 Å². The molecule has 1 atom stereocenters. The summed E-state index contributed by atoms with van der Waals surface area (Å²) in [6.45, 7) is 1.82. The first-order chi connectivity index (χ1) is 16.8. The number of anilines is 2. The van der Waals surface area contributed by atoms with E-state index in [0.717, 1.165) is 42.8 Å². The summed E-state index contributed by atoms with van der Waals surface area (Å²) in [6, 6.07) is 11.4. The first-order valence-electron chi connectivity index (χ1n) is 11.3. The van der Waals surface area contributed by atoms with Crippen LogP contribution in [0.5, 0.6) is 0 Å². The number of benzene rings is 2. The molecule has 0 radical (unpaired) electrons. The average molecular weight is 496 g/mol. The van der Waals surface area contributed by atoms with E-state index in [9.17, 15) is 18.8 Å². The number of carbonyl (C=O) groups excluding carboxylic acids is 3. The maximum Gasteiger partial charge on any atom is 0.273 e. The second kappa shape index (κ2) is 10.2. The Morgan fingerprint density at radius 3 is 2.37 bits per heavy atom. The third kappa shape index (κ3) is 5.02. The minimum Gasteiger partial charge on any atom is -0.395 e. The fourth-order valence-electron chi connectivity index (χ4n) is 4.35. The third-order valence-corrected chi connectivity index (χ3v) is 6.99. The monoisotopic (exact) mass is 495 g/mol. The highest BCUT2D eigenvalue weighted by atomic mass is 32.1. The van der Waals surface area contributed by atoms with Crippen molar-refractivity contribution < 1.29 is 18.8 Å².